The van der Waals surface area contributed by atoms with Crippen molar-refractivity contribution in [3.63, 3.8) is 0 Å². The molecule has 0 amide bonds. The minimum absolute atomic E-state index is 0.102. The molecule has 3 nitrogen and oxygen atoms in total. The second-order valence-corrected chi connectivity index (χ2v) is 7.14. The fourth-order valence-electron chi connectivity index (χ4n) is 2.08. The Balaban J connectivity index is 3.69. The fraction of sp³-hybridized carbons (Fsp3) is 0.588. The van der Waals surface area contributed by atoms with Gasteiger partial charge in [-0.1, -0.05) is 47.6 Å². The smallest absolute Gasteiger partial charge is 0.339 e. The number of hydrogen-bond donors (Lipinski definition) is 1. The van der Waals surface area contributed by atoms with Gasteiger partial charge < -0.3 is 9.84 Å². The van der Waals surface area contributed by atoms with Crippen molar-refractivity contribution < 1.29 is 14.6 Å². The highest BCUT2D eigenvalue weighted by atomic mass is 16.5. The molecule has 0 atom stereocenters. The van der Waals surface area contributed by atoms with Gasteiger partial charge in [-0.3, -0.25) is 0 Å². The monoisotopic (exact) mass is 278 g/mol. The topological polar surface area (TPSA) is 46.5 Å². The molecule has 0 aromatic heterocycles. The van der Waals surface area contributed by atoms with E-state index in [-0.39, 0.29) is 16.4 Å². The van der Waals surface area contributed by atoms with E-state index >= 15 is 0 Å². The summed E-state index contributed by atoms with van der Waals surface area (Å²) in [4.78, 5) is 11.6. The third-order valence-corrected chi connectivity index (χ3v) is 3.28. The van der Waals surface area contributed by atoms with E-state index in [1.165, 1.54) is 0 Å². The molecule has 0 heterocycles. The second-order valence-electron chi connectivity index (χ2n) is 7.14. The third kappa shape index (κ3) is 3.53. The first-order chi connectivity index (χ1) is 8.98. The average Bonchev–Trinajstić information content (AvgIpc) is 2.26. The van der Waals surface area contributed by atoms with Gasteiger partial charge >= 0.3 is 5.97 Å². The summed E-state index contributed by atoms with van der Waals surface area (Å²) < 4.78 is 5.64. The fourth-order valence-corrected chi connectivity index (χ4v) is 2.08. The van der Waals surface area contributed by atoms with E-state index < -0.39 is 5.97 Å². The van der Waals surface area contributed by atoms with Crippen molar-refractivity contribution in [3.05, 3.63) is 28.8 Å². The summed E-state index contributed by atoms with van der Waals surface area (Å²) in [5.41, 5.74) is 1.95. The summed E-state index contributed by atoms with van der Waals surface area (Å²) in [6.45, 7) is 14.8. The van der Waals surface area contributed by atoms with E-state index in [9.17, 15) is 9.90 Å². The van der Waals surface area contributed by atoms with Crippen molar-refractivity contribution >= 4 is 5.97 Å². The van der Waals surface area contributed by atoms with E-state index in [2.05, 4.69) is 47.6 Å². The molecule has 0 aliphatic carbocycles. The molecule has 20 heavy (non-hydrogen) atoms. The SMILES string of the molecule is CCOc1c(C(=O)O)cc(C(C)(C)C)cc1C(C)(C)C. The van der Waals surface area contributed by atoms with E-state index in [1.807, 2.05) is 6.92 Å². The Hall–Kier alpha value is -1.51. The zero-order valence-corrected chi connectivity index (χ0v) is 13.6. The Morgan fingerprint density at radius 3 is 2.00 bits per heavy atom. The van der Waals surface area contributed by atoms with Crippen molar-refractivity contribution in [2.75, 3.05) is 6.61 Å². The number of carboxylic acids is 1. The largest absolute Gasteiger partial charge is 0.493 e. The van der Waals surface area contributed by atoms with Crippen LogP contribution in [0.25, 0.3) is 0 Å². The van der Waals surface area contributed by atoms with Crippen LogP contribution >= 0.6 is 0 Å². The molecule has 1 aromatic carbocycles. The highest BCUT2D eigenvalue weighted by Crippen LogP contribution is 2.38. The van der Waals surface area contributed by atoms with Gasteiger partial charge in [-0.15, -0.1) is 0 Å². The lowest BCUT2D eigenvalue weighted by molar-refractivity contribution is 0.0692. The molecule has 0 bridgehead atoms. The van der Waals surface area contributed by atoms with E-state index in [1.54, 1.807) is 6.07 Å². The molecule has 1 N–H and O–H groups in total. The van der Waals surface area contributed by atoms with Gasteiger partial charge in [-0.05, 0) is 29.4 Å². The molecule has 0 spiro atoms. The maximum Gasteiger partial charge on any atom is 0.339 e. The van der Waals surface area contributed by atoms with Crippen LogP contribution < -0.4 is 4.74 Å². The lowest BCUT2D eigenvalue weighted by Crippen LogP contribution is -2.20. The predicted molar refractivity (Wildman–Crippen MR) is 82.0 cm³/mol. The number of aromatic carboxylic acids is 1. The van der Waals surface area contributed by atoms with Crippen LogP contribution in [0.2, 0.25) is 0 Å². The van der Waals surface area contributed by atoms with Crippen molar-refractivity contribution in [1.29, 1.82) is 0 Å². The molecule has 3 heteroatoms. The number of ether oxygens (including phenoxy) is 1. The summed E-state index contributed by atoms with van der Waals surface area (Å²) >= 11 is 0. The van der Waals surface area contributed by atoms with Crippen LogP contribution in [0.15, 0.2) is 12.1 Å². The average molecular weight is 278 g/mol. The van der Waals surface area contributed by atoms with Crippen LogP contribution in [0.5, 0.6) is 5.75 Å². The first kappa shape index (κ1) is 16.5. The van der Waals surface area contributed by atoms with E-state index in [4.69, 9.17) is 4.74 Å². The molecule has 0 aliphatic rings. The molecule has 0 unspecified atom stereocenters. The van der Waals surface area contributed by atoms with Crippen LogP contribution in [0.3, 0.4) is 0 Å². The molecule has 0 fully saturated rings. The Bertz CT molecular complexity index is 502. The van der Waals surface area contributed by atoms with Gasteiger partial charge in [-0.2, -0.15) is 0 Å². The molecule has 1 rings (SSSR count). The highest BCUT2D eigenvalue weighted by molar-refractivity contribution is 5.92. The molecule has 0 saturated carbocycles. The molecular weight excluding hydrogens is 252 g/mol. The Morgan fingerprint density at radius 1 is 1.10 bits per heavy atom. The first-order valence-corrected chi connectivity index (χ1v) is 7.03. The van der Waals surface area contributed by atoms with E-state index in [0.717, 1.165) is 11.1 Å². The van der Waals surface area contributed by atoms with Crippen LogP contribution in [0.4, 0.5) is 0 Å². The van der Waals surface area contributed by atoms with Crippen molar-refractivity contribution in [2.45, 2.75) is 59.3 Å². The minimum atomic E-state index is -0.940. The quantitative estimate of drug-likeness (QED) is 0.892. The summed E-state index contributed by atoms with van der Waals surface area (Å²) in [5, 5.41) is 9.49. The lowest BCUT2D eigenvalue weighted by Gasteiger charge is -2.28. The number of carbonyl (C=O) groups is 1. The summed E-state index contributed by atoms with van der Waals surface area (Å²) in [6.07, 6.45) is 0. The Labute approximate surface area is 122 Å². The van der Waals surface area contributed by atoms with Crippen LogP contribution in [0, 0.1) is 0 Å². The molecule has 1 aromatic rings. The predicted octanol–water partition coefficient (Wildman–Crippen LogP) is 4.38. The summed E-state index contributed by atoms with van der Waals surface area (Å²) in [6, 6.07) is 3.82. The zero-order chi connectivity index (χ0) is 15.7. The van der Waals surface area contributed by atoms with Crippen molar-refractivity contribution in [2.24, 2.45) is 0 Å². The number of benzene rings is 1. The van der Waals surface area contributed by atoms with Gasteiger partial charge in [0.1, 0.15) is 11.3 Å². The lowest BCUT2D eigenvalue weighted by atomic mass is 9.79. The number of hydrogen-bond acceptors (Lipinski definition) is 2. The molecular formula is C17H26O3. The maximum absolute atomic E-state index is 11.6. The highest BCUT2D eigenvalue weighted by Gasteiger charge is 2.28. The van der Waals surface area contributed by atoms with Crippen molar-refractivity contribution in [3.8, 4) is 5.75 Å². The number of rotatable bonds is 3. The van der Waals surface area contributed by atoms with Gasteiger partial charge in [0.25, 0.3) is 0 Å². The maximum atomic E-state index is 11.6. The van der Waals surface area contributed by atoms with Crippen LogP contribution in [0.1, 0.15) is 70.0 Å². The van der Waals surface area contributed by atoms with Gasteiger partial charge in [0.05, 0.1) is 6.61 Å². The first-order valence-electron chi connectivity index (χ1n) is 7.03. The molecule has 0 aliphatic heterocycles. The van der Waals surface area contributed by atoms with Gasteiger partial charge in [0.15, 0.2) is 0 Å². The normalized spacial score (nSPS) is 12.3. The third-order valence-electron chi connectivity index (χ3n) is 3.28. The Kier molecular flexibility index (Phi) is 4.52. The van der Waals surface area contributed by atoms with E-state index in [0.29, 0.717) is 12.4 Å². The summed E-state index contributed by atoms with van der Waals surface area (Å²) in [5.74, 6) is -0.439. The zero-order valence-electron chi connectivity index (χ0n) is 13.6. The minimum Gasteiger partial charge on any atom is -0.493 e. The Morgan fingerprint density at radius 2 is 1.65 bits per heavy atom. The number of carboxylic acid groups (broad SMARTS) is 1. The molecule has 0 saturated heterocycles. The molecule has 112 valence electrons. The van der Waals surface area contributed by atoms with Gasteiger partial charge in [0.2, 0.25) is 0 Å². The molecule has 0 radical (unpaired) electrons. The van der Waals surface area contributed by atoms with Crippen molar-refractivity contribution in [1.82, 2.24) is 0 Å². The summed E-state index contributed by atoms with van der Waals surface area (Å²) in [7, 11) is 0. The second kappa shape index (κ2) is 5.47. The standard InChI is InChI=1S/C17H26O3/c1-8-20-14-12(15(18)19)9-11(16(2,3)4)10-13(14)17(5,6)7/h9-10H,8H2,1-7H3,(H,18,19). The van der Waals surface area contributed by atoms with Gasteiger partial charge in [-0.25, -0.2) is 4.79 Å². The van der Waals surface area contributed by atoms with Crippen LogP contribution in [-0.2, 0) is 10.8 Å². The van der Waals surface area contributed by atoms with Crippen LogP contribution in [-0.4, -0.2) is 17.7 Å². The van der Waals surface area contributed by atoms with Gasteiger partial charge in [0, 0.05) is 5.56 Å².